The SMILES string of the molecule is CCCCn1c2ccccc2n2cc(-c3ccccc3)cc12. The molecular weight excluding hydrogens is 268 g/mol. The molecule has 0 saturated heterocycles. The molecule has 2 aromatic heterocycles. The van der Waals surface area contributed by atoms with Crippen LogP contribution in [-0.4, -0.2) is 8.97 Å². The van der Waals surface area contributed by atoms with E-state index in [4.69, 9.17) is 0 Å². The molecule has 0 spiro atoms. The van der Waals surface area contributed by atoms with Crippen molar-refractivity contribution in [3.05, 3.63) is 66.9 Å². The molecule has 2 nitrogen and oxygen atoms in total. The Morgan fingerprint density at radius 1 is 0.818 bits per heavy atom. The van der Waals surface area contributed by atoms with E-state index in [2.05, 4.69) is 82.8 Å². The summed E-state index contributed by atoms with van der Waals surface area (Å²) < 4.78 is 4.78. The van der Waals surface area contributed by atoms with Gasteiger partial charge in [0.2, 0.25) is 0 Å². The Labute approximate surface area is 130 Å². The van der Waals surface area contributed by atoms with Crippen molar-refractivity contribution in [2.24, 2.45) is 0 Å². The number of hydrogen-bond donors (Lipinski definition) is 0. The molecule has 0 N–H and O–H groups in total. The van der Waals surface area contributed by atoms with E-state index in [1.807, 2.05) is 0 Å². The van der Waals surface area contributed by atoms with Crippen molar-refractivity contribution in [3.8, 4) is 11.1 Å². The second-order valence-electron chi connectivity index (χ2n) is 5.82. The van der Waals surface area contributed by atoms with E-state index in [1.54, 1.807) is 0 Å². The number of unbranched alkanes of at least 4 members (excludes halogenated alkanes) is 1. The molecule has 2 aromatic carbocycles. The minimum absolute atomic E-state index is 1.08. The monoisotopic (exact) mass is 288 g/mol. The van der Waals surface area contributed by atoms with E-state index in [0.717, 1.165) is 6.54 Å². The first kappa shape index (κ1) is 13.2. The lowest BCUT2D eigenvalue weighted by Gasteiger charge is -2.04. The van der Waals surface area contributed by atoms with E-state index in [1.165, 1.54) is 40.6 Å². The van der Waals surface area contributed by atoms with Crippen LogP contribution in [0.5, 0.6) is 0 Å². The standard InChI is InChI=1S/C20H20N2/c1-2-3-13-21-18-11-7-8-12-19(18)22-15-17(14-20(21)22)16-9-5-4-6-10-16/h4-12,14-15H,2-3,13H2,1H3. The summed E-state index contributed by atoms with van der Waals surface area (Å²) in [4.78, 5) is 0. The van der Waals surface area contributed by atoms with Crippen LogP contribution < -0.4 is 0 Å². The van der Waals surface area contributed by atoms with Crippen LogP contribution in [-0.2, 0) is 6.54 Å². The van der Waals surface area contributed by atoms with Crippen LogP contribution in [0.4, 0.5) is 0 Å². The number of nitrogens with zero attached hydrogens (tertiary/aromatic N) is 2. The molecule has 0 amide bonds. The Morgan fingerprint density at radius 2 is 1.55 bits per heavy atom. The van der Waals surface area contributed by atoms with Crippen molar-refractivity contribution in [1.82, 2.24) is 8.97 Å². The van der Waals surface area contributed by atoms with Crippen LogP contribution in [0.1, 0.15) is 19.8 Å². The van der Waals surface area contributed by atoms with Gasteiger partial charge in [0.1, 0.15) is 5.65 Å². The Balaban J connectivity index is 1.95. The van der Waals surface area contributed by atoms with Crippen LogP contribution in [0.25, 0.3) is 27.8 Å². The van der Waals surface area contributed by atoms with Gasteiger partial charge >= 0.3 is 0 Å². The van der Waals surface area contributed by atoms with Gasteiger partial charge in [-0.05, 0) is 30.2 Å². The summed E-state index contributed by atoms with van der Waals surface area (Å²) >= 11 is 0. The maximum atomic E-state index is 2.45. The predicted molar refractivity (Wildman–Crippen MR) is 93.2 cm³/mol. The van der Waals surface area contributed by atoms with Gasteiger partial charge in [-0.3, -0.25) is 0 Å². The van der Waals surface area contributed by atoms with Gasteiger partial charge in [0, 0.05) is 18.3 Å². The fourth-order valence-electron chi connectivity index (χ4n) is 3.21. The normalized spacial score (nSPS) is 11.5. The second kappa shape index (κ2) is 5.38. The minimum atomic E-state index is 1.08. The largest absolute Gasteiger partial charge is 0.326 e. The van der Waals surface area contributed by atoms with E-state index in [0.29, 0.717) is 0 Å². The van der Waals surface area contributed by atoms with Crippen molar-refractivity contribution in [2.45, 2.75) is 26.3 Å². The van der Waals surface area contributed by atoms with Crippen molar-refractivity contribution >= 4 is 16.7 Å². The van der Waals surface area contributed by atoms with Crippen LogP contribution in [0, 0.1) is 0 Å². The van der Waals surface area contributed by atoms with Crippen molar-refractivity contribution < 1.29 is 0 Å². The second-order valence-corrected chi connectivity index (χ2v) is 5.82. The fourth-order valence-corrected chi connectivity index (χ4v) is 3.21. The molecule has 0 radical (unpaired) electrons. The summed E-state index contributed by atoms with van der Waals surface area (Å²) in [6.45, 7) is 3.32. The Hall–Kier alpha value is -2.48. The third-order valence-corrected chi connectivity index (χ3v) is 4.35. The summed E-state index contributed by atoms with van der Waals surface area (Å²) in [5.74, 6) is 0. The van der Waals surface area contributed by atoms with Crippen LogP contribution in [0.3, 0.4) is 0 Å². The van der Waals surface area contributed by atoms with Crippen molar-refractivity contribution in [3.63, 3.8) is 0 Å². The average molecular weight is 288 g/mol. The molecular formula is C20H20N2. The molecule has 2 heterocycles. The highest BCUT2D eigenvalue weighted by Gasteiger charge is 2.12. The first-order chi connectivity index (χ1) is 10.9. The molecule has 110 valence electrons. The van der Waals surface area contributed by atoms with Gasteiger partial charge in [-0.1, -0.05) is 55.8 Å². The molecule has 0 saturated carbocycles. The molecule has 2 heteroatoms. The predicted octanol–water partition coefficient (Wildman–Crippen LogP) is 5.36. The van der Waals surface area contributed by atoms with Crippen molar-refractivity contribution in [1.29, 1.82) is 0 Å². The highest BCUT2D eigenvalue weighted by Crippen LogP contribution is 2.28. The fraction of sp³-hybridized carbons (Fsp3) is 0.200. The molecule has 0 atom stereocenters. The molecule has 0 aliphatic rings. The van der Waals surface area contributed by atoms with Crippen LogP contribution in [0.2, 0.25) is 0 Å². The Bertz CT molecular complexity index is 913. The van der Waals surface area contributed by atoms with E-state index in [9.17, 15) is 0 Å². The molecule has 0 aliphatic heterocycles. The summed E-state index contributed by atoms with van der Waals surface area (Å²) in [6.07, 6.45) is 4.68. The quantitative estimate of drug-likeness (QED) is 0.478. The summed E-state index contributed by atoms with van der Waals surface area (Å²) in [5, 5.41) is 0. The number of benzene rings is 2. The molecule has 0 bridgehead atoms. The van der Waals surface area contributed by atoms with Gasteiger partial charge in [-0.2, -0.15) is 0 Å². The average Bonchev–Trinajstić information content (AvgIpc) is 3.12. The number of fused-ring (bicyclic) bond motifs is 3. The Morgan fingerprint density at radius 3 is 2.32 bits per heavy atom. The van der Waals surface area contributed by atoms with Gasteiger partial charge < -0.3 is 8.97 Å². The van der Waals surface area contributed by atoms with Gasteiger partial charge in [-0.25, -0.2) is 0 Å². The number of aromatic nitrogens is 2. The minimum Gasteiger partial charge on any atom is -0.326 e. The van der Waals surface area contributed by atoms with Gasteiger partial charge in [0.25, 0.3) is 0 Å². The molecule has 0 aliphatic carbocycles. The lowest BCUT2D eigenvalue weighted by atomic mass is 10.1. The molecule has 0 fully saturated rings. The number of imidazole rings is 1. The maximum absolute atomic E-state index is 2.45. The zero-order valence-corrected chi connectivity index (χ0v) is 12.9. The van der Waals surface area contributed by atoms with Crippen molar-refractivity contribution in [2.75, 3.05) is 0 Å². The number of rotatable bonds is 4. The molecule has 4 rings (SSSR count). The third kappa shape index (κ3) is 2.03. The molecule has 4 aromatic rings. The maximum Gasteiger partial charge on any atom is 0.118 e. The van der Waals surface area contributed by atoms with Gasteiger partial charge in [0.05, 0.1) is 11.0 Å². The van der Waals surface area contributed by atoms with Gasteiger partial charge in [-0.15, -0.1) is 0 Å². The topological polar surface area (TPSA) is 9.34 Å². The smallest absolute Gasteiger partial charge is 0.118 e. The summed E-state index contributed by atoms with van der Waals surface area (Å²) in [7, 11) is 0. The van der Waals surface area contributed by atoms with Crippen LogP contribution in [0.15, 0.2) is 66.9 Å². The highest BCUT2D eigenvalue weighted by molar-refractivity contribution is 5.84. The first-order valence-electron chi connectivity index (χ1n) is 8.03. The van der Waals surface area contributed by atoms with E-state index in [-0.39, 0.29) is 0 Å². The zero-order valence-electron chi connectivity index (χ0n) is 12.9. The van der Waals surface area contributed by atoms with E-state index >= 15 is 0 Å². The van der Waals surface area contributed by atoms with E-state index < -0.39 is 0 Å². The van der Waals surface area contributed by atoms with Crippen LogP contribution >= 0.6 is 0 Å². The first-order valence-corrected chi connectivity index (χ1v) is 8.03. The Kier molecular flexibility index (Phi) is 3.23. The highest BCUT2D eigenvalue weighted by atomic mass is 15.1. The lowest BCUT2D eigenvalue weighted by Crippen LogP contribution is -1.96. The summed E-state index contributed by atoms with van der Waals surface area (Å²) in [5.41, 5.74) is 6.46. The molecule has 22 heavy (non-hydrogen) atoms. The third-order valence-electron chi connectivity index (χ3n) is 4.35. The number of hydrogen-bond acceptors (Lipinski definition) is 0. The van der Waals surface area contributed by atoms with Gasteiger partial charge in [0.15, 0.2) is 0 Å². The summed E-state index contributed by atoms with van der Waals surface area (Å²) in [6, 6.07) is 21.6. The number of para-hydroxylation sites is 2. The molecule has 0 unspecified atom stereocenters. The lowest BCUT2D eigenvalue weighted by molar-refractivity contribution is 0.661. The number of aryl methyl sites for hydroxylation is 1. The zero-order chi connectivity index (χ0) is 14.9.